The highest BCUT2D eigenvalue weighted by atomic mass is 79.9. The van der Waals surface area contributed by atoms with Crippen LogP contribution in [0, 0.1) is 0 Å². The summed E-state index contributed by atoms with van der Waals surface area (Å²) in [4.78, 5) is 2.28. The first-order valence-electron chi connectivity index (χ1n) is 5.36. The Morgan fingerprint density at radius 2 is 2.33 bits per heavy atom. The van der Waals surface area contributed by atoms with Gasteiger partial charge in [-0.3, -0.25) is 0 Å². The molecular formula is C12H16BrNO. The van der Waals surface area contributed by atoms with Gasteiger partial charge in [0.2, 0.25) is 0 Å². The number of benzene rings is 1. The minimum absolute atomic E-state index is 0.235. The monoisotopic (exact) mass is 269 g/mol. The highest BCUT2D eigenvalue weighted by Crippen LogP contribution is 2.34. The molecule has 0 radical (unpaired) electrons. The molecule has 0 spiro atoms. The molecule has 1 N–H and O–H groups in total. The third-order valence-electron chi connectivity index (χ3n) is 3.08. The molecule has 3 heteroatoms. The molecule has 0 bridgehead atoms. The molecule has 2 nitrogen and oxygen atoms in total. The number of aliphatic hydroxyl groups excluding tert-OH is 1. The van der Waals surface area contributed by atoms with Gasteiger partial charge < -0.3 is 10.0 Å². The smallest absolute Gasteiger partial charge is 0.0718 e. The summed E-state index contributed by atoms with van der Waals surface area (Å²) in [5, 5.41) is 9.74. The molecule has 0 fully saturated rings. The summed E-state index contributed by atoms with van der Waals surface area (Å²) in [5.74, 6) is 0. The second kappa shape index (κ2) is 4.14. The van der Waals surface area contributed by atoms with Gasteiger partial charge in [-0.25, -0.2) is 0 Å². The zero-order valence-corrected chi connectivity index (χ0v) is 10.7. The van der Waals surface area contributed by atoms with Crippen molar-refractivity contribution in [2.45, 2.75) is 32.4 Å². The molecule has 0 aliphatic carbocycles. The van der Waals surface area contributed by atoms with E-state index in [2.05, 4.69) is 46.0 Å². The highest BCUT2D eigenvalue weighted by Gasteiger charge is 2.31. The molecule has 2 atom stereocenters. The van der Waals surface area contributed by atoms with Crippen molar-refractivity contribution in [3.05, 3.63) is 28.2 Å². The van der Waals surface area contributed by atoms with E-state index in [1.807, 2.05) is 6.92 Å². The quantitative estimate of drug-likeness (QED) is 0.892. The van der Waals surface area contributed by atoms with Crippen LogP contribution in [0.5, 0.6) is 0 Å². The van der Waals surface area contributed by atoms with Crippen LogP contribution in [0.2, 0.25) is 0 Å². The zero-order chi connectivity index (χ0) is 11.0. The molecular weight excluding hydrogens is 254 g/mol. The summed E-state index contributed by atoms with van der Waals surface area (Å²) in [6.45, 7) is 4.95. The number of anilines is 1. The Bertz CT molecular complexity index is 365. The van der Waals surface area contributed by atoms with Gasteiger partial charge in [0.15, 0.2) is 0 Å². The molecule has 1 heterocycles. The molecule has 15 heavy (non-hydrogen) atoms. The van der Waals surface area contributed by atoms with E-state index < -0.39 is 0 Å². The summed E-state index contributed by atoms with van der Waals surface area (Å²) >= 11 is 3.48. The van der Waals surface area contributed by atoms with Crippen molar-refractivity contribution in [1.29, 1.82) is 0 Å². The number of rotatable bonds is 2. The van der Waals surface area contributed by atoms with E-state index in [4.69, 9.17) is 0 Å². The molecule has 2 rings (SSSR count). The molecule has 1 aliphatic rings. The zero-order valence-electron chi connectivity index (χ0n) is 9.07. The predicted molar refractivity (Wildman–Crippen MR) is 66.3 cm³/mol. The number of hydrogen-bond acceptors (Lipinski definition) is 2. The fraction of sp³-hybridized carbons (Fsp3) is 0.500. The van der Waals surface area contributed by atoms with Crippen LogP contribution in [-0.4, -0.2) is 23.8 Å². The minimum Gasteiger partial charge on any atom is -0.391 e. The third-order valence-corrected chi connectivity index (χ3v) is 3.57. The maximum atomic E-state index is 9.74. The Kier molecular flexibility index (Phi) is 3.03. The van der Waals surface area contributed by atoms with Crippen molar-refractivity contribution >= 4 is 21.6 Å². The number of likely N-dealkylation sites (N-methyl/N-ethyl adjacent to an activating group) is 1. The van der Waals surface area contributed by atoms with Crippen LogP contribution in [0.25, 0.3) is 0 Å². The molecule has 1 aromatic carbocycles. The number of hydrogen-bond donors (Lipinski definition) is 1. The lowest BCUT2D eigenvalue weighted by Crippen LogP contribution is -2.39. The standard InChI is InChI=1S/C12H16BrNO/c1-3-14-11-5-4-10(13)6-9(11)7-12(14)8(2)15/h4-6,8,12,15H,3,7H2,1-2H3. The van der Waals surface area contributed by atoms with Crippen LogP contribution in [0.3, 0.4) is 0 Å². The molecule has 0 aromatic heterocycles. The summed E-state index contributed by atoms with van der Waals surface area (Å²) in [6, 6.07) is 6.58. The van der Waals surface area contributed by atoms with Crippen molar-refractivity contribution in [3.63, 3.8) is 0 Å². The van der Waals surface area contributed by atoms with Crippen molar-refractivity contribution in [1.82, 2.24) is 0 Å². The SMILES string of the molecule is CCN1c2ccc(Br)cc2CC1C(C)O. The van der Waals surface area contributed by atoms with Crippen LogP contribution in [0.15, 0.2) is 22.7 Å². The van der Waals surface area contributed by atoms with E-state index >= 15 is 0 Å². The van der Waals surface area contributed by atoms with Gasteiger partial charge in [0, 0.05) is 16.7 Å². The van der Waals surface area contributed by atoms with Crippen LogP contribution >= 0.6 is 15.9 Å². The lowest BCUT2D eigenvalue weighted by atomic mass is 10.1. The van der Waals surface area contributed by atoms with Gasteiger partial charge in [-0.1, -0.05) is 15.9 Å². The van der Waals surface area contributed by atoms with Crippen molar-refractivity contribution < 1.29 is 5.11 Å². The summed E-state index contributed by atoms with van der Waals surface area (Å²) < 4.78 is 1.11. The number of halogens is 1. The second-order valence-electron chi connectivity index (χ2n) is 4.07. The minimum atomic E-state index is -0.281. The van der Waals surface area contributed by atoms with E-state index in [9.17, 15) is 5.11 Å². The van der Waals surface area contributed by atoms with Crippen LogP contribution < -0.4 is 4.90 Å². The average Bonchev–Trinajstić information content (AvgIpc) is 2.55. The van der Waals surface area contributed by atoms with Crippen molar-refractivity contribution in [2.75, 3.05) is 11.4 Å². The molecule has 0 amide bonds. The lowest BCUT2D eigenvalue weighted by molar-refractivity contribution is 0.162. The second-order valence-corrected chi connectivity index (χ2v) is 4.99. The summed E-state index contributed by atoms with van der Waals surface area (Å²) in [5.41, 5.74) is 2.60. The van der Waals surface area contributed by atoms with Gasteiger partial charge in [-0.05, 0) is 44.0 Å². The Balaban J connectivity index is 2.37. The van der Waals surface area contributed by atoms with Gasteiger partial charge in [-0.2, -0.15) is 0 Å². The van der Waals surface area contributed by atoms with E-state index in [-0.39, 0.29) is 12.1 Å². The number of nitrogens with zero attached hydrogens (tertiary/aromatic N) is 1. The summed E-state index contributed by atoms with van der Waals surface area (Å²) in [7, 11) is 0. The molecule has 82 valence electrons. The highest BCUT2D eigenvalue weighted by molar-refractivity contribution is 9.10. The van der Waals surface area contributed by atoms with Crippen molar-refractivity contribution in [2.24, 2.45) is 0 Å². The van der Waals surface area contributed by atoms with Gasteiger partial charge in [0.1, 0.15) is 0 Å². The van der Waals surface area contributed by atoms with Crippen LogP contribution in [-0.2, 0) is 6.42 Å². The third kappa shape index (κ3) is 1.91. The number of fused-ring (bicyclic) bond motifs is 1. The molecule has 1 aromatic rings. The molecule has 1 aliphatic heterocycles. The van der Waals surface area contributed by atoms with Crippen LogP contribution in [0.1, 0.15) is 19.4 Å². The Morgan fingerprint density at radius 3 is 2.93 bits per heavy atom. The molecule has 2 unspecified atom stereocenters. The van der Waals surface area contributed by atoms with E-state index in [1.54, 1.807) is 0 Å². The number of aliphatic hydroxyl groups is 1. The first kappa shape index (κ1) is 11.0. The fourth-order valence-electron chi connectivity index (χ4n) is 2.35. The van der Waals surface area contributed by atoms with E-state index in [1.165, 1.54) is 11.3 Å². The average molecular weight is 270 g/mol. The predicted octanol–water partition coefficient (Wildman–Crippen LogP) is 2.58. The maximum Gasteiger partial charge on any atom is 0.0718 e. The molecule has 0 saturated carbocycles. The van der Waals surface area contributed by atoms with Gasteiger partial charge >= 0.3 is 0 Å². The van der Waals surface area contributed by atoms with Crippen LogP contribution in [0.4, 0.5) is 5.69 Å². The van der Waals surface area contributed by atoms with E-state index in [0.717, 1.165) is 17.4 Å². The Labute approximate surface area is 99.0 Å². The first-order valence-corrected chi connectivity index (χ1v) is 6.16. The van der Waals surface area contributed by atoms with E-state index in [0.29, 0.717) is 0 Å². The van der Waals surface area contributed by atoms with Gasteiger partial charge in [0.05, 0.1) is 12.1 Å². The lowest BCUT2D eigenvalue weighted by Gasteiger charge is -2.28. The summed E-state index contributed by atoms with van der Waals surface area (Å²) in [6.07, 6.45) is 0.663. The first-order chi connectivity index (χ1) is 7.13. The molecule has 0 saturated heterocycles. The van der Waals surface area contributed by atoms with Gasteiger partial charge in [-0.15, -0.1) is 0 Å². The normalized spacial score (nSPS) is 21.6. The maximum absolute atomic E-state index is 9.74. The largest absolute Gasteiger partial charge is 0.391 e. The Morgan fingerprint density at radius 1 is 1.60 bits per heavy atom. The topological polar surface area (TPSA) is 23.5 Å². The fourth-order valence-corrected chi connectivity index (χ4v) is 2.76. The van der Waals surface area contributed by atoms with Crippen molar-refractivity contribution in [3.8, 4) is 0 Å². The Hall–Kier alpha value is -0.540. The van der Waals surface area contributed by atoms with Gasteiger partial charge in [0.25, 0.3) is 0 Å².